The van der Waals surface area contributed by atoms with Gasteiger partial charge >= 0.3 is 0 Å². The number of para-hydroxylation sites is 1. The Morgan fingerprint density at radius 1 is 0.450 bits per heavy atom. The van der Waals surface area contributed by atoms with Crippen molar-refractivity contribution in [1.82, 2.24) is 0 Å². The quantitative estimate of drug-likeness (QED) is 0.163. The van der Waals surface area contributed by atoms with Crippen molar-refractivity contribution in [2.45, 2.75) is 62.7 Å². The summed E-state index contributed by atoms with van der Waals surface area (Å²) >= 11 is 0. The van der Waals surface area contributed by atoms with Crippen LogP contribution in [0.2, 0.25) is 0 Å². The first-order valence-corrected chi connectivity index (χ1v) is 23.0. The molecule has 0 radical (unpaired) electrons. The first-order valence-electron chi connectivity index (χ1n) is 23.0. The third-order valence-corrected chi connectivity index (χ3v) is 17.3. The van der Waals surface area contributed by atoms with Gasteiger partial charge in [0, 0.05) is 22.4 Å². The summed E-state index contributed by atoms with van der Waals surface area (Å²) in [6.45, 7) is 0. The van der Waals surface area contributed by atoms with Crippen LogP contribution in [0.15, 0.2) is 170 Å². The van der Waals surface area contributed by atoms with Crippen LogP contribution in [-0.2, 0) is 5.41 Å². The van der Waals surface area contributed by atoms with Gasteiger partial charge in [-0.3, -0.25) is 0 Å². The molecule has 0 bridgehead atoms. The lowest BCUT2D eigenvalue weighted by molar-refractivity contribution is -0.412. The Bertz CT molecular complexity index is 3040. The molecule has 6 aliphatic carbocycles. The van der Waals surface area contributed by atoms with E-state index in [2.05, 4.69) is 175 Å². The van der Waals surface area contributed by atoms with Gasteiger partial charge in [-0.25, -0.2) is 0 Å². The van der Waals surface area contributed by atoms with Crippen LogP contribution in [0.4, 0.5) is 17.1 Å². The maximum absolute atomic E-state index is 2.67. The van der Waals surface area contributed by atoms with Gasteiger partial charge in [-0.1, -0.05) is 159 Å². The predicted octanol–water partition coefficient (Wildman–Crippen LogP) is 15.8. The smallest absolute Gasteiger partial charge is 0.0540 e. The molecule has 6 aliphatic rings. The molecule has 290 valence electrons. The molecule has 4 atom stereocenters. The zero-order valence-corrected chi connectivity index (χ0v) is 34.2. The van der Waals surface area contributed by atoms with Crippen LogP contribution in [0.3, 0.4) is 0 Å². The van der Waals surface area contributed by atoms with Crippen LogP contribution < -0.4 is 4.90 Å². The fourth-order valence-corrected chi connectivity index (χ4v) is 15.1. The summed E-state index contributed by atoms with van der Waals surface area (Å²) in [5.41, 5.74) is 17.4. The van der Waals surface area contributed by atoms with E-state index in [-0.39, 0.29) is 5.41 Å². The van der Waals surface area contributed by atoms with Crippen molar-refractivity contribution in [1.29, 1.82) is 0 Å². The molecule has 5 saturated carbocycles. The molecule has 0 aliphatic heterocycles. The highest BCUT2D eigenvalue weighted by molar-refractivity contribution is 6.04. The van der Waals surface area contributed by atoms with Crippen LogP contribution >= 0.6 is 0 Å². The van der Waals surface area contributed by atoms with Gasteiger partial charge in [-0.2, -0.15) is 0 Å². The molecule has 5 fully saturated rings. The number of benzene rings is 8. The minimum absolute atomic E-state index is 0.149. The Balaban J connectivity index is 0.997. The monoisotopic (exact) mass is 771 g/mol. The molecule has 0 amide bonds. The molecule has 0 saturated heterocycles. The Morgan fingerprint density at radius 2 is 1.10 bits per heavy atom. The Hall–Kier alpha value is -5.92. The summed E-state index contributed by atoms with van der Waals surface area (Å²) in [6.07, 6.45) is 10.9. The van der Waals surface area contributed by atoms with E-state index in [1.165, 1.54) is 129 Å². The lowest BCUT2D eigenvalue weighted by Gasteiger charge is -2.92. The third-order valence-electron chi connectivity index (χ3n) is 17.3. The van der Waals surface area contributed by atoms with Gasteiger partial charge in [0.05, 0.1) is 5.69 Å². The average Bonchev–Trinajstić information content (AvgIpc) is 3.58. The van der Waals surface area contributed by atoms with E-state index < -0.39 is 0 Å². The maximum Gasteiger partial charge on any atom is 0.0540 e. The molecule has 2 spiro atoms. The zero-order valence-electron chi connectivity index (χ0n) is 34.2. The predicted molar refractivity (Wildman–Crippen MR) is 249 cm³/mol. The van der Waals surface area contributed by atoms with Crippen molar-refractivity contribution in [3.8, 4) is 33.4 Å². The number of fused-ring (bicyclic) bond motifs is 9. The average molecular weight is 772 g/mol. The third kappa shape index (κ3) is 4.19. The first-order chi connectivity index (χ1) is 29.7. The maximum atomic E-state index is 2.67. The Labute approximate surface area is 353 Å². The fourth-order valence-electron chi connectivity index (χ4n) is 15.1. The van der Waals surface area contributed by atoms with Crippen molar-refractivity contribution in [3.05, 3.63) is 187 Å². The minimum atomic E-state index is 0.149. The largest absolute Gasteiger partial charge is 0.310 e. The number of nitrogens with zero attached hydrogens (tertiary/aromatic N) is 1. The number of rotatable bonds is 6. The lowest BCUT2D eigenvalue weighted by atomic mass is 9.11. The summed E-state index contributed by atoms with van der Waals surface area (Å²) in [6, 6.07) is 65.5. The highest BCUT2D eigenvalue weighted by Gasteiger charge is 2.90. The minimum Gasteiger partial charge on any atom is -0.310 e. The second-order valence-electron chi connectivity index (χ2n) is 19.4. The molecule has 0 heterocycles. The van der Waals surface area contributed by atoms with Crippen LogP contribution in [0.25, 0.3) is 54.9 Å². The van der Waals surface area contributed by atoms with Crippen molar-refractivity contribution in [3.63, 3.8) is 0 Å². The Morgan fingerprint density at radius 3 is 1.95 bits per heavy atom. The molecule has 0 aromatic heterocycles. The van der Waals surface area contributed by atoms with Gasteiger partial charge in [0.25, 0.3) is 0 Å². The van der Waals surface area contributed by atoms with Crippen LogP contribution in [0.1, 0.15) is 74.0 Å². The summed E-state index contributed by atoms with van der Waals surface area (Å²) < 4.78 is 0. The van der Waals surface area contributed by atoms with E-state index in [9.17, 15) is 0 Å². The lowest BCUT2D eigenvalue weighted by Crippen LogP contribution is -2.88. The Kier molecular flexibility index (Phi) is 6.96. The molecular formula is C59H49N. The van der Waals surface area contributed by atoms with Gasteiger partial charge < -0.3 is 4.90 Å². The van der Waals surface area contributed by atoms with Crippen molar-refractivity contribution in [2.24, 2.45) is 29.1 Å². The standard InChI is InChI=1S/C59H49N/c1-2-14-38(15-3-1)47-26-12-18-39-19-13-27-51(57(39)47)50-24-7-9-29-54(50)60(43-21-10-20-40(32-43)46-25-11-17-37-16-4-5-22-45(37)46)44-30-31-49-48-23-6-8-28-52(48)59(53(49)36-44)55-34-41-33-42-35-56(59)58(41,42)55/h4-13,16-32,36,38,41-42,55-56H,1-3,14-15,33-35H2. The topological polar surface area (TPSA) is 3.24 Å². The molecule has 14 rings (SSSR count). The number of hydrogen-bond acceptors (Lipinski definition) is 1. The molecule has 0 N–H and O–H groups in total. The summed E-state index contributed by atoms with van der Waals surface area (Å²) in [5.74, 6) is 4.15. The van der Waals surface area contributed by atoms with E-state index in [0.717, 1.165) is 23.7 Å². The fraction of sp³-hybridized carbons (Fsp3) is 0.254. The summed E-state index contributed by atoms with van der Waals surface area (Å²) in [7, 11) is 0. The number of hydrogen-bond donors (Lipinski definition) is 0. The second-order valence-corrected chi connectivity index (χ2v) is 19.4. The van der Waals surface area contributed by atoms with Crippen molar-refractivity contribution >= 4 is 38.6 Å². The molecule has 4 unspecified atom stereocenters. The van der Waals surface area contributed by atoms with Gasteiger partial charge in [0.15, 0.2) is 0 Å². The molecule has 1 nitrogen and oxygen atoms in total. The second kappa shape index (κ2) is 12.3. The summed E-state index contributed by atoms with van der Waals surface area (Å²) in [4.78, 5) is 2.62. The molecule has 8 aromatic rings. The van der Waals surface area contributed by atoms with Crippen LogP contribution in [0, 0.1) is 29.1 Å². The van der Waals surface area contributed by atoms with E-state index in [4.69, 9.17) is 0 Å². The number of anilines is 3. The summed E-state index contributed by atoms with van der Waals surface area (Å²) in [5, 5.41) is 5.35. The van der Waals surface area contributed by atoms with Gasteiger partial charge in [-0.05, 0) is 163 Å². The van der Waals surface area contributed by atoms with Gasteiger partial charge in [0.2, 0.25) is 0 Å². The van der Waals surface area contributed by atoms with Crippen LogP contribution in [-0.4, -0.2) is 0 Å². The van der Waals surface area contributed by atoms with E-state index in [1.807, 2.05) is 0 Å². The van der Waals surface area contributed by atoms with Crippen molar-refractivity contribution in [2.75, 3.05) is 4.90 Å². The van der Waals surface area contributed by atoms with Crippen LogP contribution in [0.5, 0.6) is 0 Å². The van der Waals surface area contributed by atoms with E-state index >= 15 is 0 Å². The highest BCUT2D eigenvalue weighted by atomic mass is 15.1. The highest BCUT2D eigenvalue weighted by Crippen LogP contribution is 2.94. The SMILES string of the molecule is c1cc(-c2cccc3ccccc23)cc(N(c2ccc3c(c2)C2(c4ccccc4-3)C3CC4CC5CC2C453)c2ccccc2-c2cccc3cccc(C4CCCCC4)c23)c1. The normalized spacial score (nSPS) is 26.5. The zero-order chi connectivity index (χ0) is 39.2. The van der Waals surface area contributed by atoms with E-state index in [0.29, 0.717) is 11.3 Å². The van der Waals surface area contributed by atoms with Gasteiger partial charge in [0.1, 0.15) is 0 Å². The molecular weight excluding hydrogens is 723 g/mol. The molecule has 60 heavy (non-hydrogen) atoms. The molecule has 8 aromatic carbocycles. The van der Waals surface area contributed by atoms with E-state index in [1.54, 1.807) is 11.1 Å². The van der Waals surface area contributed by atoms with Crippen molar-refractivity contribution < 1.29 is 0 Å². The van der Waals surface area contributed by atoms with Gasteiger partial charge in [-0.15, -0.1) is 0 Å². The molecule has 1 heteroatoms. The first kappa shape index (κ1) is 33.9.